The molecule has 1 fully saturated rings. The standard InChI is InChI=1S/C19H19F3N2O.ClH/c1-24(15-6-8-23-9-7-15)19(25)13-4-2-12(3-5-13)14-10-16(20)18(22)17(21)11-14;/h2-5,10-11,15,23H,6-9H2,1H3;1H. The van der Waals surface area contributed by atoms with Crippen LogP contribution in [0.4, 0.5) is 13.2 Å². The molecule has 2 aromatic carbocycles. The van der Waals surface area contributed by atoms with Crippen LogP contribution in [0.3, 0.4) is 0 Å². The number of nitrogens with one attached hydrogen (secondary N) is 1. The molecule has 3 rings (SSSR count). The molecule has 0 saturated carbocycles. The van der Waals surface area contributed by atoms with Crippen LogP contribution in [-0.2, 0) is 0 Å². The van der Waals surface area contributed by atoms with Crippen molar-refractivity contribution >= 4 is 18.3 Å². The second kappa shape index (κ2) is 8.56. The molecule has 1 heterocycles. The van der Waals surface area contributed by atoms with Gasteiger partial charge in [-0.2, -0.15) is 0 Å². The van der Waals surface area contributed by atoms with E-state index < -0.39 is 17.5 Å². The van der Waals surface area contributed by atoms with E-state index in [1.807, 2.05) is 0 Å². The molecule has 26 heavy (non-hydrogen) atoms. The predicted octanol–water partition coefficient (Wildman–Crippen LogP) is 4.02. The lowest BCUT2D eigenvalue weighted by molar-refractivity contribution is 0.0703. The van der Waals surface area contributed by atoms with Gasteiger partial charge in [-0.1, -0.05) is 12.1 Å². The minimum Gasteiger partial charge on any atom is -0.339 e. The van der Waals surface area contributed by atoms with Crippen LogP contribution in [0.15, 0.2) is 36.4 Å². The number of halogens is 4. The molecule has 0 radical (unpaired) electrons. The molecular formula is C19H20ClF3N2O. The fourth-order valence-electron chi connectivity index (χ4n) is 3.09. The fourth-order valence-corrected chi connectivity index (χ4v) is 3.09. The van der Waals surface area contributed by atoms with Gasteiger partial charge in [0.2, 0.25) is 0 Å². The molecule has 0 aromatic heterocycles. The average Bonchev–Trinajstić information content (AvgIpc) is 2.65. The summed E-state index contributed by atoms with van der Waals surface area (Å²) in [5, 5.41) is 3.26. The van der Waals surface area contributed by atoms with Gasteiger partial charge in [0.25, 0.3) is 5.91 Å². The van der Waals surface area contributed by atoms with Gasteiger partial charge in [0, 0.05) is 18.7 Å². The molecule has 0 spiro atoms. The Hall–Kier alpha value is -2.05. The number of hydrogen-bond acceptors (Lipinski definition) is 2. The van der Waals surface area contributed by atoms with Crippen LogP contribution in [0, 0.1) is 17.5 Å². The predicted molar refractivity (Wildman–Crippen MR) is 97.0 cm³/mol. The molecule has 0 unspecified atom stereocenters. The second-order valence-corrected chi connectivity index (χ2v) is 6.23. The maximum Gasteiger partial charge on any atom is 0.253 e. The summed E-state index contributed by atoms with van der Waals surface area (Å²) in [6, 6.07) is 8.54. The zero-order valence-corrected chi connectivity index (χ0v) is 15.1. The summed E-state index contributed by atoms with van der Waals surface area (Å²) in [5.74, 6) is -4.05. The molecule has 1 N–H and O–H groups in total. The highest BCUT2D eigenvalue weighted by Crippen LogP contribution is 2.24. The van der Waals surface area contributed by atoms with E-state index in [4.69, 9.17) is 0 Å². The van der Waals surface area contributed by atoms with Crippen molar-refractivity contribution in [3.63, 3.8) is 0 Å². The minimum absolute atomic E-state index is 0. The maximum absolute atomic E-state index is 13.4. The van der Waals surface area contributed by atoms with Crippen molar-refractivity contribution in [2.75, 3.05) is 20.1 Å². The van der Waals surface area contributed by atoms with Gasteiger partial charge >= 0.3 is 0 Å². The van der Waals surface area contributed by atoms with Crippen LogP contribution in [0.2, 0.25) is 0 Å². The van der Waals surface area contributed by atoms with Crippen LogP contribution in [0.1, 0.15) is 23.2 Å². The van der Waals surface area contributed by atoms with Crippen LogP contribution in [0.25, 0.3) is 11.1 Å². The molecule has 2 aromatic rings. The third kappa shape index (κ3) is 4.19. The molecule has 140 valence electrons. The van der Waals surface area contributed by atoms with Gasteiger partial charge < -0.3 is 10.2 Å². The lowest BCUT2D eigenvalue weighted by Gasteiger charge is -2.31. The zero-order chi connectivity index (χ0) is 18.0. The number of carbonyl (C=O) groups is 1. The summed E-state index contributed by atoms with van der Waals surface area (Å²) in [5.41, 5.74) is 1.24. The molecule has 1 aliphatic rings. The summed E-state index contributed by atoms with van der Waals surface area (Å²) in [4.78, 5) is 14.3. The van der Waals surface area contributed by atoms with Crippen molar-refractivity contribution in [1.29, 1.82) is 0 Å². The van der Waals surface area contributed by atoms with Crippen LogP contribution in [-0.4, -0.2) is 37.0 Å². The summed E-state index contributed by atoms with van der Waals surface area (Å²) in [6.07, 6.45) is 1.82. The minimum atomic E-state index is -1.49. The van der Waals surface area contributed by atoms with Gasteiger partial charge in [-0.3, -0.25) is 4.79 Å². The number of rotatable bonds is 3. The van der Waals surface area contributed by atoms with Crippen LogP contribution >= 0.6 is 12.4 Å². The van der Waals surface area contributed by atoms with Crippen molar-refractivity contribution in [3.05, 3.63) is 59.4 Å². The Morgan fingerprint density at radius 3 is 2.08 bits per heavy atom. The summed E-state index contributed by atoms with van der Waals surface area (Å²) < 4.78 is 39.8. The molecule has 1 amide bonds. The van der Waals surface area contributed by atoms with Crippen LogP contribution in [0.5, 0.6) is 0 Å². The monoisotopic (exact) mass is 384 g/mol. The first-order chi connectivity index (χ1) is 12.0. The van der Waals surface area contributed by atoms with E-state index in [-0.39, 0.29) is 29.9 Å². The maximum atomic E-state index is 13.4. The third-order valence-electron chi connectivity index (χ3n) is 4.63. The molecular weight excluding hydrogens is 365 g/mol. The van der Waals surface area contributed by atoms with Crippen LogP contribution < -0.4 is 5.32 Å². The quantitative estimate of drug-likeness (QED) is 0.811. The molecule has 7 heteroatoms. The lowest BCUT2D eigenvalue weighted by atomic mass is 10.0. The van der Waals surface area contributed by atoms with E-state index in [9.17, 15) is 18.0 Å². The van der Waals surface area contributed by atoms with Crippen molar-refractivity contribution in [2.45, 2.75) is 18.9 Å². The van der Waals surface area contributed by atoms with E-state index in [1.54, 1.807) is 36.2 Å². The normalized spacial score (nSPS) is 14.6. The lowest BCUT2D eigenvalue weighted by Crippen LogP contribution is -2.43. The smallest absolute Gasteiger partial charge is 0.253 e. The molecule has 0 atom stereocenters. The highest BCUT2D eigenvalue weighted by atomic mass is 35.5. The molecule has 0 aliphatic carbocycles. The number of carbonyl (C=O) groups excluding carboxylic acids is 1. The number of benzene rings is 2. The average molecular weight is 385 g/mol. The van der Waals surface area contributed by atoms with Crippen molar-refractivity contribution in [1.82, 2.24) is 10.2 Å². The molecule has 0 bridgehead atoms. The van der Waals surface area contributed by atoms with Gasteiger partial charge in [-0.05, 0) is 61.3 Å². The summed E-state index contributed by atoms with van der Waals surface area (Å²) in [6.45, 7) is 1.78. The number of amides is 1. The van der Waals surface area contributed by atoms with E-state index in [0.717, 1.165) is 38.1 Å². The molecule has 1 aliphatic heterocycles. The second-order valence-electron chi connectivity index (χ2n) is 6.23. The first kappa shape index (κ1) is 20.3. The van der Waals surface area contributed by atoms with E-state index in [1.165, 1.54) is 0 Å². The fraction of sp³-hybridized carbons (Fsp3) is 0.316. The van der Waals surface area contributed by atoms with Gasteiger partial charge in [-0.25, -0.2) is 13.2 Å². The Bertz CT molecular complexity index is 754. The van der Waals surface area contributed by atoms with Gasteiger partial charge in [0.1, 0.15) is 0 Å². The van der Waals surface area contributed by atoms with E-state index in [2.05, 4.69) is 5.32 Å². The van der Waals surface area contributed by atoms with Crippen molar-refractivity contribution < 1.29 is 18.0 Å². The number of piperidine rings is 1. The SMILES string of the molecule is CN(C(=O)c1ccc(-c2cc(F)c(F)c(F)c2)cc1)C1CCNCC1.Cl. The number of nitrogens with zero attached hydrogens (tertiary/aromatic N) is 1. The third-order valence-corrected chi connectivity index (χ3v) is 4.63. The molecule has 1 saturated heterocycles. The van der Waals surface area contributed by atoms with Gasteiger partial charge in [0.15, 0.2) is 17.5 Å². The Morgan fingerprint density at radius 1 is 1.00 bits per heavy atom. The van der Waals surface area contributed by atoms with E-state index >= 15 is 0 Å². The Labute approximate surface area is 156 Å². The number of hydrogen-bond donors (Lipinski definition) is 1. The van der Waals surface area contributed by atoms with Crippen molar-refractivity contribution in [3.8, 4) is 11.1 Å². The first-order valence-corrected chi connectivity index (χ1v) is 8.20. The van der Waals surface area contributed by atoms with E-state index in [0.29, 0.717) is 11.1 Å². The Morgan fingerprint density at radius 2 is 1.54 bits per heavy atom. The summed E-state index contributed by atoms with van der Waals surface area (Å²) in [7, 11) is 1.79. The Balaban J connectivity index is 0.00000243. The van der Waals surface area contributed by atoms with Gasteiger partial charge in [-0.15, -0.1) is 12.4 Å². The topological polar surface area (TPSA) is 32.3 Å². The Kier molecular flexibility index (Phi) is 6.67. The highest BCUT2D eigenvalue weighted by Gasteiger charge is 2.22. The van der Waals surface area contributed by atoms with Crippen molar-refractivity contribution in [2.24, 2.45) is 0 Å². The largest absolute Gasteiger partial charge is 0.339 e. The zero-order valence-electron chi connectivity index (χ0n) is 14.3. The summed E-state index contributed by atoms with van der Waals surface area (Å²) >= 11 is 0. The highest BCUT2D eigenvalue weighted by molar-refractivity contribution is 5.94. The molecule has 3 nitrogen and oxygen atoms in total. The van der Waals surface area contributed by atoms with Gasteiger partial charge in [0.05, 0.1) is 0 Å². The first-order valence-electron chi connectivity index (χ1n) is 8.20.